The topological polar surface area (TPSA) is 12.9 Å². The van der Waals surface area contributed by atoms with Gasteiger partial charge in [0.15, 0.2) is 0 Å². The first-order chi connectivity index (χ1) is 5.74. The van der Waals surface area contributed by atoms with Crippen molar-refractivity contribution in [2.24, 2.45) is 0 Å². The van der Waals surface area contributed by atoms with Gasteiger partial charge in [-0.2, -0.15) is 0 Å². The van der Waals surface area contributed by atoms with Gasteiger partial charge in [0.2, 0.25) is 0 Å². The second-order valence-electron chi connectivity index (χ2n) is 3.33. The molecule has 0 radical (unpaired) electrons. The predicted octanol–water partition coefficient (Wildman–Crippen LogP) is 3.75. The zero-order valence-electron chi connectivity index (χ0n) is 8.13. The molecule has 0 amide bonds. The molecule has 0 aromatic carbocycles. The first kappa shape index (κ1) is 9.72. The minimum atomic E-state index is 0.648. The van der Waals surface area contributed by atoms with Crippen LogP contribution in [-0.2, 0) is 0 Å². The van der Waals surface area contributed by atoms with Gasteiger partial charge in [0.25, 0.3) is 0 Å². The Morgan fingerprint density at radius 3 is 2.83 bits per heavy atom. The molecule has 0 aliphatic heterocycles. The molecule has 0 aliphatic carbocycles. The zero-order chi connectivity index (χ0) is 8.97. The normalized spacial score (nSPS) is 13.2. The Balaban J connectivity index is 2.47. The van der Waals surface area contributed by atoms with E-state index in [0.717, 1.165) is 0 Å². The molecule has 1 heterocycles. The van der Waals surface area contributed by atoms with E-state index < -0.39 is 0 Å². The third-order valence-corrected chi connectivity index (χ3v) is 2.92. The summed E-state index contributed by atoms with van der Waals surface area (Å²) >= 11 is 1.76. The van der Waals surface area contributed by atoms with Crippen molar-refractivity contribution in [3.63, 3.8) is 0 Å². The van der Waals surface area contributed by atoms with Crippen LogP contribution in [0.25, 0.3) is 0 Å². The van der Waals surface area contributed by atoms with Gasteiger partial charge in [-0.1, -0.05) is 26.7 Å². The highest BCUT2D eigenvalue weighted by Crippen LogP contribution is 2.22. The lowest BCUT2D eigenvalue weighted by molar-refractivity contribution is 0.613. The molecule has 0 aliphatic rings. The van der Waals surface area contributed by atoms with Crippen LogP contribution in [0.3, 0.4) is 0 Å². The molecule has 1 rings (SSSR count). The molecule has 0 spiro atoms. The summed E-state index contributed by atoms with van der Waals surface area (Å²) in [4.78, 5) is 4.48. The van der Waals surface area contributed by atoms with Crippen molar-refractivity contribution in [3.05, 3.63) is 16.1 Å². The van der Waals surface area contributed by atoms with Crippen molar-refractivity contribution in [3.8, 4) is 0 Å². The van der Waals surface area contributed by atoms with Crippen molar-refractivity contribution < 1.29 is 0 Å². The Morgan fingerprint density at radius 1 is 1.58 bits per heavy atom. The van der Waals surface area contributed by atoms with Gasteiger partial charge in [-0.15, -0.1) is 11.3 Å². The lowest BCUT2D eigenvalue weighted by Gasteiger charge is -2.06. The van der Waals surface area contributed by atoms with Gasteiger partial charge in [0.1, 0.15) is 0 Å². The number of unbranched alkanes of at least 4 members (excludes halogenated alkanes) is 1. The number of aromatic nitrogens is 1. The molecule has 1 aromatic heterocycles. The number of hydrogen-bond donors (Lipinski definition) is 0. The standard InChI is InChI=1S/C10H17NS/c1-4-5-6-8(2)10-7-12-9(3)11-10/h7-8H,4-6H2,1-3H3. The molecule has 1 unspecified atom stereocenters. The van der Waals surface area contributed by atoms with Crippen LogP contribution in [0.15, 0.2) is 5.38 Å². The summed E-state index contributed by atoms with van der Waals surface area (Å²) in [5.74, 6) is 0.648. The summed E-state index contributed by atoms with van der Waals surface area (Å²) < 4.78 is 0. The summed E-state index contributed by atoms with van der Waals surface area (Å²) in [5, 5.41) is 3.38. The monoisotopic (exact) mass is 183 g/mol. The largest absolute Gasteiger partial charge is 0.246 e. The van der Waals surface area contributed by atoms with Gasteiger partial charge in [0, 0.05) is 5.38 Å². The number of thiazole rings is 1. The van der Waals surface area contributed by atoms with Crippen LogP contribution in [-0.4, -0.2) is 4.98 Å². The Bertz CT molecular complexity index is 229. The molecule has 0 saturated heterocycles. The molecule has 0 fully saturated rings. The zero-order valence-corrected chi connectivity index (χ0v) is 8.95. The van der Waals surface area contributed by atoms with E-state index in [1.807, 2.05) is 0 Å². The van der Waals surface area contributed by atoms with Crippen molar-refractivity contribution in [2.75, 3.05) is 0 Å². The number of hydrogen-bond acceptors (Lipinski definition) is 2. The molecule has 1 atom stereocenters. The van der Waals surface area contributed by atoms with Crippen molar-refractivity contribution in [2.45, 2.75) is 46.0 Å². The van der Waals surface area contributed by atoms with Crippen molar-refractivity contribution >= 4 is 11.3 Å². The Morgan fingerprint density at radius 2 is 2.33 bits per heavy atom. The maximum Gasteiger partial charge on any atom is 0.0897 e. The van der Waals surface area contributed by atoms with E-state index in [1.165, 1.54) is 30.0 Å². The molecule has 68 valence electrons. The Labute approximate surface area is 78.8 Å². The fourth-order valence-corrected chi connectivity index (χ4v) is 2.00. The molecule has 0 saturated carbocycles. The van der Waals surface area contributed by atoms with Crippen molar-refractivity contribution in [1.82, 2.24) is 4.98 Å². The van der Waals surface area contributed by atoms with Crippen LogP contribution in [0.5, 0.6) is 0 Å². The van der Waals surface area contributed by atoms with Crippen LogP contribution in [0.1, 0.15) is 49.7 Å². The van der Waals surface area contributed by atoms with Gasteiger partial charge < -0.3 is 0 Å². The Kier molecular flexibility index (Phi) is 3.73. The van der Waals surface area contributed by atoms with E-state index in [4.69, 9.17) is 0 Å². The fourth-order valence-electron chi connectivity index (χ4n) is 1.26. The van der Waals surface area contributed by atoms with Gasteiger partial charge in [-0.3, -0.25) is 0 Å². The van der Waals surface area contributed by atoms with Crippen molar-refractivity contribution in [1.29, 1.82) is 0 Å². The highest BCUT2D eigenvalue weighted by atomic mass is 32.1. The van der Waals surface area contributed by atoms with E-state index in [9.17, 15) is 0 Å². The van der Waals surface area contributed by atoms with Crippen LogP contribution in [0, 0.1) is 6.92 Å². The molecular formula is C10H17NS. The predicted molar refractivity (Wildman–Crippen MR) is 54.8 cm³/mol. The SMILES string of the molecule is CCCCC(C)c1csc(C)n1. The van der Waals surface area contributed by atoms with Gasteiger partial charge >= 0.3 is 0 Å². The number of rotatable bonds is 4. The summed E-state index contributed by atoms with van der Waals surface area (Å²) in [6, 6.07) is 0. The maximum absolute atomic E-state index is 4.48. The van der Waals surface area contributed by atoms with E-state index in [-0.39, 0.29) is 0 Å². The lowest BCUT2D eigenvalue weighted by atomic mass is 10.0. The highest BCUT2D eigenvalue weighted by molar-refractivity contribution is 7.09. The second-order valence-corrected chi connectivity index (χ2v) is 4.40. The summed E-state index contributed by atoms with van der Waals surface area (Å²) in [5.41, 5.74) is 1.28. The highest BCUT2D eigenvalue weighted by Gasteiger charge is 2.07. The van der Waals surface area contributed by atoms with E-state index in [0.29, 0.717) is 5.92 Å². The minimum Gasteiger partial charge on any atom is -0.246 e. The molecule has 12 heavy (non-hydrogen) atoms. The molecule has 1 aromatic rings. The number of aryl methyl sites for hydroxylation is 1. The smallest absolute Gasteiger partial charge is 0.0897 e. The summed E-state index contributed by atoms with van der Waals surface area (Å²) in [6.07, 6.45) is 3.88. The third kappa shape index (κ3) is 2.59. The lowest BCUT2D eigenvalue weighted by Crippen LogP contribution is -1.93. The molecule has 2 heteroatoms. The quantitative estimate of drug-likeness (QED) is 0.693. The first-order valence-electron chi connectivity index (χ1n) is 4.66. The summed E-state index contributed by atoms with van der Waals surface area (Å²) in [7, 11) is 0. The number of nitrogens with zero attached hydrogens (tertiary/aromatic N) is 1. The Hall–Kier alpha value is -0.370. The molecule has 0 N–H and O–H groups in total. The van der Waals surface area contributed by atoms with Crippen LogP contribution >= 0.6 is 11.3 Å². The summed E-state index contributed by atoms with van der Waals surface area (Å²) in [6.45, 7) is 6.57. The minimum absolute atomic E-state index is 0.648. The average Bonchev–Trinajstić information content (AvgIpc) is 2.47. The van der Waals surface area contributed by atoms with Crippen LogP contribution in [0.2, 0.25) is 0 Å². The van der Waals surface area contributed by atoms with Gasteiger partial charge in [0.05, 0.1) is 10.7 Å². The maximum atomic E-state index is 4.48. The average molecular weight is 183 g/mol. The van der Waals surface area contributed by atoms with E-state index in [1.54, 1.807) is 11.3 Å². The molecular weight excluding hydrogens is 166 g/mol. The molecule has 0 bridgehead atoms. The first-order valence-corrected chi connectivity index (χ1v) is 5.54. The third-order valence-electron chi connectivity index (χ3n) is 2.13. The van der Waals surface area contributed by atoms with Crippen LogP contribution < -0.4 is 0 Å². The van der Waals surface area contributed by atoms with Gasteiger partial charge in [-0.25, -0.2) is 4.98 Å². The van der Waals surface area contributed by atoms with E-state index in [2.05, 4.69) is 31.1 Å². The molecule has 1 nitrogen and oxygen atoms in total. The fraction of sp³-hybridized carbons (Fsp3) is 0.700. The van der Waals surface area contributed by atoms with Crippen LogP contribution in [0.4, 0.5) is 0 Å². The second kappa shape index (κ2) is 4.61. The van der Waals surface area contributed by atoms with Gasteiger partial charge in [-0.05, 0) is 19.3 Å². The van der Waals surface area contributed by atoms with E-state index >= 15 is 0 Å².